The molecule has 1 saturated heterocycles. The zero-order valence-electron chi connectivity index (χ0n) is 4.70. The van der Waals surface area contributed by atoms with Crippen molar-refractivity contribution in [2.24, 2.45) is 5.29 Å². The molecule has 0 aromatic heterocycles. The van der Waals surface area contributed by atoms with Crippen LogP contribution in [0.5, 0.6) is 0 Å². The van der Waals surface area contributed by atoms with Gasteiger partial charge in [-0.1, -0.05) is 0 Å². The van der Waals surface area contributed by atoms with Crippen molar-refractivity contribution in [3.63, 3.8) is 0 Å². The summed E-state index contributed by atoms with van der Waals surface area (Å²) in [6.45, 7) is 1.31. The Morgan fingerprint density at radius 2 is 2.38 bits per heavy atom. The molecule has 1 rings (SSSR count). The summed E-state index contributed by atoms with van der Waals surface area (Å²) in [5, 5.41) is 4.12. The van der Waals surface area contributed by atoms with E-state index in [4.69, 9.17) is 4.74 Å². The van der Waals surface area contributed by atoms with Crippen LogP contribution in [0.3, 0.4) is 0 Å². The predicted octanol–water partition coefficient (Wildman–Crippen LogP) is -0.00160. The molecule has 4 heteroatoms. The highest BCUT2D eigenvalue weighted by atomic mass is 16.5. The Balaban J connectivity index is 2.11. The first-order valence-electron chi connectivity index (χ1n) is 2.48. The van der Waals surface area contributed by atoms with Crippen molar-refractivity contribution in [3.8, 4) is 0 Å². The third kappa shape index (κ3) is 0.790. The van der Waals surface area contributed by atoms with Gasteiger partial charge in [0.2, 0.25) is 0 Å². The van der Waals surface area contributed by atoms with Gasteiger partial charge in [0.25, 0.3) is 0 Å². The van der Waals surface area contributed by atoms with Crippen LogP contribution in [-0.2, 0) is 4.74 Å². The first kappa shape index (κ1) is 5.50. The maximum absolute atomic E-state index is 9.67. The maximum Gasteiger partial charge on any atom is 0.0956 e. The molecule has 0 aromatic carbocycles. The average Bonchev–Trinajstić information content (AvgIpc) is 1.65. The summed E-state index contributed by atoms with van der Waals surface area (Å²) < 4.78 is 4.88. The topological polar surface area (TPSA) is 41.9 Å². The number of ether oxygens (including phenoxy) is 1. The van der Waals surface area contributed by atoms with Crippen molar-refractivity contribution in [2.45, 2.75) is 6.10 Å². The van der Waals surface area contributed by atoms with Crippen LogP contribution in [-0.4, -0.2) is 31.3 Å². The van der Waals surface area contributed by atoms with E-state index >= 15 is 0 Å². The lowest BCUT2D eigenvalue weighted by Crippen LogP contribution is -2.48. The summed E-state index contributed by atoms with van der Waals surface area (Å²) in [6, 6.07) is 0. The van der Waals surface area contributed by atoms with Crippen LogP contribution in [0.15, 0.2) is 5.29 Å². The first-order chi connectivity index (χ1) is 3.86. The van der Waals surface area contributed by atoms with E-state index in [-0.39, 0.29) is 6.10 Å². The van der Waals surface area contributed by atoms with Gasteiger partial charge >= 0.3 is 0 Å². The minimum absolute atomic E-state index is 0.229. The zero-order valence-corrected chi connectivity index (χ0v) is 4.70. The molecule has 0 aliphatic carbocycles. The third-order valence-corrected chi connectivity index (χ3v) is 1.28. The predicted molar refractivity (Wildman–Crippen MR) is 28.2 cm³/mol. The summed E-state index contributed by atoms with van der Waals surface area (Å²) in [6.07, 6.45) is 0.229. The summed E-state index contributed by atoms with van der Waals surface area (Å²) in [4.78, 5) is 9.67. The molecule has 0 atom stereocenters. The number of hydrogen-bond donors (Lipinski definition) is 0. The van der Waals surface area contributed by atoms with Crippen molar-refractivity contribution in [3.05, 3.63) is 4.91 Å². The lowest BCUT2D eigenvalue weighted by Gasteiger charge is -2.32. The van der Waals surface area contributed by atoms with Crippen LogP contribution < -0.4 is 0 Å². The van der Waals surface area contributed by atoms with Crippen molar-refractivity contribution >= 4 is 0 Å². The van der Waals surface area contributed by atoms with E-state index in [9.17, 15) is 4.91 Å². The summed E-state index contributed by atoms with van der Waals surface area (Å²) >= 11 is 0. The maximum atomic E-state index is 9.67. The van der Waals surface area contributed by atoms with Crippen LogP contribution in [0.2, 0.25) is 0 Å². The SMILES string of the molecule is COC1CN(N=O)C1. The van der Waals surface area contributed by atoms with Gasteiger partial charge in [0.05, 0.1) is 24.5 Å². The first-order valence-corrected chi connectivity index (χ1v) is 2.48. The zero-order chi connectivity index (χ0) is 5.98. The van der Waals surface area contributed by atoms with Crippen LogP contribution in [0.4, 0.5) is 0 Å². The summed E-state index contributed by atoms with van der Waals surface area (Å²) in [7, 11) is 1.63. The molecule has 1 fully saturated rings. The van der Waals surface area contributed by atoms with Gasteiger partial charge in [-0.3, -0.25) is 5.01 Å². The largest absolute Gasteiger partial charge is 0.378 e. The van der Waals surface area contributed by atoms with Crippen molar-refractivity contribution in [1.29, 1.82) is 0 Å². The molecule has 0 aromatic rings. The Labute approximate surface area is 47.4 Å². The molecular formula is C4H8N2O2. The molecule has 0 spiro atoms. The van der Waals surface area contributed by atoms with Crippen molar-refractivity contribution < 1.29 is 4.74 Å². The molecule has 1 aliphatic heterocycles. The van der Waals surface area contributed by atoms with E-state index < -0.39 is 0 Å². The molecule has 0 unspecified atom stereocenters. The monoisotopic (exact) mass is 116 g/mol. The van der Waals surface area contributed by atoms with E-state index in [2.05, 4.69) is 5.29 Å². The molecule has 0 saturated carbocycles. The van der Waals surface area contributed by atoms with E-state index in [1.807, 2.05) is 0 Å². The van der Waals surface area contributed by atoms with E-state index in [0.29, 0.717) is 13.1 Å². The van der Waals surface area contributed by atoms with E-state index in [1.54, 1.807) is 7.11 Å². The van der Waals surface area contributed by atoms with Gasteiger partial charge in [0.1, 0.15) is 0 Å². The number of rotatable bonds is 2. The standard InChI is InChI=1S/C4H8N2O2/c1-8-4-2-6(3-4)5-7/h4H,2-3H2,1H3. The molecule has 8 heavy (non-hydrogen) atoms. The Hall–Kier alpha value is -0.640. The minimum atomic E-state index is 0.229. The van der Waals surface area contributed by atoms with Gasteiger partial charge in [-0.05, 0) is 0 Å². The highest BCUT2D eigenvalue weighted by Crippen LogP contribution is 2.09. The quantitative estimate of drug-likeness (QED) is 0.477. The lowest BCUT2D eigenvalue weighted by atomic mass is 10.2. The van der Waals surface area contributed by atoms with E-state index in [0.717, 1.165) is 0 Å². The number of nitroso groups, excluding NO2 is 1. The second-order valence-electron chi connectivity index (χ2n) is 1.81. The molecule has 1 heterocycles. The van der Waals surface area contributed by atoms with E-state index in [1.165, 1.54) is 5.01 Å². The Kier molecular flexibility index (Phi) is 1.43. The molecule has 4 nitrogen and oxygen atoms in total. The number of hydrogen-bond acceptors (Lipinski definition) is 3. The van der Waals surface area contributed by atoms with Gasteiger partial charge in [-0.15, -0.1) is 4.91 Å². The lowest BCUT2D eigenvalue weighted by molar-refractivity contribution is -0.0290. The number of nitrogens with zero attached hydrogens (tertiary/aromatic N) is 2. The highest BCUT2D eigenvalue weighted by molar-refractivity contribution is 4.76. The fourth-order valence-electron chi connectivity index (χ4n) is 0.632. The third-order valence-electron chi connectivity index (χ3n) is 1.28. The van der Waals surface area contributed by atoms with Crippen LogP contribution in [0.1, 0.15) is 0 Å². The van der Waals surface area contributed by atoms with Gasteiger partial charge in [0, 0.05) is 7.11 Å². The summed E-state index contributed by atoms with van der Waals surface area (Å²) in [5.41, 5.74) is 0. The van der Waals surface area contributed by atoms with Gasteiger partial charge < -0.3 is 4.74 Å². The van der Waals surface area contributed by atoms with Crippen molar-refractivity contribution in [2.75, 3.05) is 20.2 Å². The number of methoxy groups -OCH3 is 1. The van der Waals surface area contributed by atoms with Gasteiger partial charge in [-0.2, -0.15) is 0 Å². The Morgan fingerprint density at radius 3 is 2.75 bits per heavy atom. The molecule has 0 amide bonds. The van der Waals surface area contributed by atoms with Crippen molar-refractivity contribution in [1.82, 2.24) is 5.01 Å². The fourth-order valence-corrected chi connectivity index (χ4v) is 0.632. The minimum Gasteiger partial charge on any atom is -0.378 e. The second-order valence-corrected chi connectivity index (χ2v) is 1.81. The molecule has 46 valence electrons. The molecule has 0 radical (unpaired) electrons. The Bertz CT molecular complexity index is 90.0. The van der Waals surface area contributed by atoms with Gasteiger partial charge in [-0.25, -0.2) is 0 Å². The average molecular weight is 116 g/mol. The smallest absolute Gasteiger partial charge is 0.0956 e. The fraction of sp³-hybridized carbons (Fsp3) is 1.00. The molecule has 1 aliphatic rings. The summed E-state index contributed by atoms with van der Waals surface area (Å²) in [5.74, 6) is 0. The highest BCUT2D eigenvalue weighted by Gasteiger charge is 2.25. The van der Waals surface area contributed by atoms with Crippen LogP contribution >= 0.6 is 0 Å². The molecular weight excluding hydrogens is 108 g/mol. The normalized spacial score (nSPS) is 20.4. The van der Waals surface area contributed by atoms with Crippen LogP contribution in [0.25, 0.3) is 0 Å². The molecule has 0 N–H and O–H groups in total. The van der Waals surface area contributed by atoms with Crippen LogP contribution in [0, 0.1) is 4.91 Å². The van der Waals surface area contributed by atoms with Gasteiger partial charge in [0.15, 0.2) is 0 Å². The Morgan fingerprint density at radius 1 is 1.75 bits per heavy atom. The molecule has 0 bridgehead atoms. The second kappa shape index (κ2) is 2.09.